The van der Waals surface area contributed by atoms with Crippen molar-refractivity contribution >= 4 is 33.4 Å². The molecule has 6 nitrogen and oxygen atoms in total. The third kappa shape index (κ3) is 3.75. The molecule has 3 aromatic rings. The summed E-state index contributed by atoms with van der Waals surface area (Å²) in [5, 5.41) is 10.7. The maximum atomic E-state index is 13.1. The minimum atomic E-state index is -0.318. The number of aromatic nitrogens is 2. The Hall–Kier alpha value is -2.74. The molecule has 0 fully saturated rings. The maximum absolute atomic E-state index is 13.1. The van der Waals surface area contributed by atoms with Gasteiger partial charge in [0.15, 0.2) is 0 Å². The summed E-state index contributed by atoms with van der Waals surface area (Å²) in [6.07, 6.45) is 0.842. The number of nitrogens with one attached hydrogen (secondary N) is 2. The van der Waals surface area contributed by atoms with Crippen LogP contribution in [0, 0.1) is 12.7 Å². The number of carbonyl (C=O) groups is 2. The number of halogens is 1. The lowest BCUT2D eigenvalue weighted by molar-refractivity contribution is -0.120. The van der Waals surface area contributed by atoms with Gasteiger partial charge in [-0.1, -0.05) is 6.92 Å². The summed E-state index contributed by atoms with van der Waals surface area (Å²) >= 11 is 1.28. The van der Waals surface area contributed by atoms with E-state index in [9.17, 15) is 14.0 Å². The molecule has 0 spiro atoms. The molecule has 3 rings (SSSR count). The highest BCUT2D eigenvalue weighted by atomic mass is 32.1. The van der Waals surface area contributed by atoms with Crippen molar-refractivity contribution in [1.82, 2.24) is 20.4 Å². The number of amides is 2. The highest BCUT2D eigenvalue weighted by Gasteiger charge is 2.17. The van der Waals surface area contributed by atoms with Gasteiger partial charge in [0.05, 0.1) is 22.8 Å². The van der Waals surface area contributed by atoms with Crippen LogP contribution in [-0.4, -0.2) is 34.7 Å². The summed E-state index contributed by atoms with van der Waals surface area (Å²) in [4.78, 5) is 25.2. The van der Waals surface area contributed by atoms with Crippen LogP contribution in [0.15, 0.2) is 30.3 Å². The molecule has 0 aliphatic carbocycles. The first-order valence-corrected chi connectivity index (χ1v) is 9.11. The molecule has 0 saturated carbocycles. The third-order valence-corrected chi connectivity index (χ3v) is 4.93. The van der Waals surface area contributed by atoms with E-state index in [1.54, 1.807) is 22.9 Å². The fourth-order valence-corrected chi connectivity index (χ4v) is 3.59. The zero-order valence-electron chi connectivity index (χ0n) is 14.5. The van der Waals surface area contributed by atoms with Crippen LogP contribution in [0.4, 0.5) is 4.39 Å². The predicted octanol–water partition coefficient (Wildman–Crippen LogP) is 2.79. The van der Waals surface area contributed by atoms with Crippen molar-refractivity contribution in [2.24, 2.45) is 0 Å². The van der Waals surface area contributed by atoms with Gasteiger partial charge in [0, 0.05) is 11.9 Å². The van der Waals surface area contributed by atoms with Crippen LogP contribution < -0.4 is 10.6 Å². The van der Waals surface area contributed by atoms with E-state index in [0.717, 1.165) is 28.0 Å². The first-order valence-electron chi connectivity index (χ1n) is 8.29. The van der Waals surface area contributed by atoms with Gasteiger partial charge < -0.3 is 10.6 Å². The standard InChI is InChI=1S/C18H19FN4O2S/c1-3-8-20-16(24)10-21-17(25)15-9-14-11(2)22-23(18(14)26-15)13-6-4-12(19)5-7-13/h4-7,9H,3,8,10H2,1-2H3,(H,20,24)(H,21,25). The number of nitrogens with zero attached hydrogens (tertiary/aromatic N) is 2. The van der Waals surface area contributed by atoms with Gasteiger partial charge in [-0.3, -0.25) is 9.59 Å². The maximum Gasteiger partial charge on any atom is 0.261 e. The molecule has 0 unspecified atom stereocenters. The molecule has 0 saturated heterocycles. The molecule has 136 valence electrons. The second kappa shape index (κ2) is 7.65. The normalized spacial score (nSPS) is 10.9. The summed E-state index contributed by atoms with van der Waals surface area (Å²) in [6, 6.07) is 7.78. The molecular weight excluding hydrogens is 355 g/mol. The lowest BCUT2D eigenvalue weighted by Gasteiger charge is -2.05. The van der Waals surface area contributed by atoms with Gasteiger partial charge in [-0.15, -0.1) is 11.3 Å². The SMILES string of the molecule is CCCNC(=O)CNC(=O)c1cc2c(C)nn(-c3ccc(F)cc3)c2s1. The Balaban J connectivity index is 1.81. The highest BCUT2D eigenvalue weighted by Crippen LogP contribution is 2.30. The average molecular weight is 374 g/mol. The van der Waals surface area contributed by atoms with Crippen LogP contribution >= 0.6 is 11.3 Å². The number of hydrogen-bond acceptors (Lipinski definition) is 4. The summed E-state index contributed by atoms with van der Waals surface area (Å²) in [7, 11) is 0. The topological polar surface area (TPSA) is 76.0 Å². The molecule has 2 N–H and O–H groups in total. The Morgan fingerprint density at radius 1 is 1.23 bits per heavy atom. The molecule has 0 aliphatic heterocycles. The van der Waals surface area contributed by atoms with Gasteiger partial charge in [0.25, 0.3) is 5.91 Å². The van der Waals surface area contributed by atoms with Gasteiger partial charge >= 0.3 is 0 Å². The smallest absolute Gasteiger partial charge is 0.261 e. The van der Waals surface area contributed by atoms with Crippen LogP contribution in [0.5, 0.6) is 0 Å². The highest BCUT2D eigenvalue weighted by molar-refractivity contribution is 7.20. The molecule has 2 amide bonds. The summed E-state index contributed by atoms with van der Waals surface area (Å²) in [5.74, 6) is -0.834. The average Bonchev–Trinajstić information content (AvgIpc) is 3.19. The molecule has 26 heavy (non-hydrogen) atoms. The molecule has 2 heterocycles. The lowest BCUT2D eigenvalue weighted by atomic mass is 10.3. The Labute approximate surface area is 154 Å². The van der Waals surface area contributed by atoms with Crippen LogP contribution in [0.2, 0.25) is 0 Å². The van der Waals surface area contributed by atoms with E-state index in [-0.39, 0.29) is 24.2 Å². The second-order valence-corrected chi connectivity index (χ2v) is 6.87. The summed E-state index contributed by atoms with van der Waals surface area (Å²) < 4.78 is 14.8. The Morgan fingerprint density at radius 2 is 1.96 bits per heavy atom. The van der Waals surface area contributed by atoms with Crippen LogP contribution in [0.25, 0.3) is 15.9 Å². The molecular formula is C18H19FN4O2S. The summed E-state index contributed by atoms with van der Waals surface area (Å²) in [6.45, 7) is 4.35. The van der Waals surface area contributed by atoms with E-state index in [1.165, 1.54) is 23.5 Å². The summed E-state index contributed by atoms with van der Waals surface area (Å²) in [5.41, 5.74) is 1.50. The molecule has 1 aromatic carbocycles. The van der Waals surface area contributed by atoms with Gasteiger partial charge in [0.1, 0.15) is 10.6 Å². The van der Waals surface area contributed by atoms with E-state index in [4.69, 9.17) is 0 Å². The quantitative estimate of drug-likeness (QED) is 0.697. The number of rotatable bonds is 6. The number of carbonyl (C=O) groups excluding carboxylic acids is 2. The van der Waals surface area contributed by atoms with E-state index >= 15 is 0 Å². The van der Waals surface area contributed by atoms with Crippen LogP contribution in [0.1, 0.15) is 28.7 Å². The zero-order valence-corrected chi connectivity index (χ0v) is 15.3. The lowest BCUT2D eigenvalue weighted by Crippen LogP contribution is -2.36. The predicted molar refractivity (Wildman–Crippen MR) is 99.3 cm³/mol. The van der Waals surface area contributed by atoms with E-state index in [0.29, 0.717) is 11.4 Å². The van der Waals surface area contributed by atoms with Gasteiger partial charge in [-0.05, 0) is 43.7 Å². The minimum Gasteiger partial charge on any atom is -0.355 e. The first-order chi connectivity index (χ1) is 12.5. The van der Waals surface area contributed by atoms with E-state index in [2.05, 4.69) is 15.7 Å². The monoisotopic (exact) mass is 374 g/mol. The molecule has 8 heteroatoms. The molecule has 0 aliphatic rings. The van der Waals surface area contributed by atoms with Crippen molar-refractivity contribution in [3.05, 3.63) is 46.7 Å². The van der Waals surface area contributed by atoms with Crippen molar-refractivity contribution in [2.75, 3.05) is 13.1 Å². The third-order valence-electron chi connectivity index (χ3n) is 3.82. The van der Waals surface area contributed by atoms with Crippen molar-refractivity contribution < 1.29 is 14.0 Å². The van der Waals surface area contributed by atoms with Crippen LogP contribution in [0.3, 0.4) is 0 Å². The van der Waals surface area contributed by atoms with Gasteiger partial charge in [-0.25, -0.2) is 9.07 Å². The van der Waals surface area contributed by atoms with E-state index in [1.807, 2.05) is 13.8 Å². The molecule has 2 aromatic heterocycles. The number of benzene rings is 1. The number of hydrogen-bond donors (Lipinski definition) is 2. The second-order valence-electron chi connectivity index (χ2n) is 5.84. The Kier molecular flexibility index (Phi) is 5.32. The van der Waals surface area contributed by atoms with Gasteiger partial charge in [-0.2, -0.15) is 5.10 Å². The minimum absolute atomic E-state index is 0.0594. The largest absolute Gasteiger partial charge is 0.355 e. The number of fused-ring (bicyclic) bond motifs is 1. The van der Waals surface area contributed by atoms with Gasteiger partial charge in [0.2, 0.25) is 5.91 Å². The molecule has 0 atom stereocenters. The first kappa shape index (κ1) is 18.1. The van der Waals surface area contributed by atoms with Crippen molar-refractivity contribution in [1.29, 1.82) is 0 Å². The van der Waals surface area contributed by atoms with Crippen molar-refractivity contribution in [3.8, 4) is 5.69 Å². The van der Waals surface area contributed by atoms with Crippen LogP contribution in [-0.2, 0) is 4.79 Å². The Bertz CT molecular complexity index is 946. The molecule has 0 radical (unpaired) electrons. The van der Waals surface area contributed by atoms with E-state index < -0.39 is 0 Å². The zero-order chi connectivity index (χ0) is 18.7. The molecule has 0 bridgehead atoms. The number of thiophene rings is 1. The Morgan fingerprint density at radius 3 is 2.65 bits per heavy atom. The fourth-order valence-electron chi connectivity index (χ4n) is 2.49. The fraction of sp³-hybridized carbons (Fsp3) is 0.278. The van der Waals surface area contributed by atoms with Crippen molar-refractivity contribution in [2.45, 2.75) is 20.3 Å². The van der Waals surface area contributed by atoms with Crippen molar-refractivity contribution in [3.63, 3.8) is 0 Å². The number of aryl methyl sites for hydroxylation is 1.